The summed E-state index contributed by atoms with van der Waals surface area (Å²) in [6, 6.07) is 3.97. The molecule has 4 heteroatoms. The zero-order valence-corrected chi connectivity index (χ0v) is 11.5. The highest BCUT2D eigenvalue weighted by Crippen LogP contribution is 2.30. The molecule has 0 unspecified atom stereocenters. The Balaban J connectivity index is 0.00000256. The van der Waals surface area contributed by atoms with Gasteiger partial charge in [-0.1, -0.05) is 26.8 Å². The molecule has 98 valence electrons. The quantitative estimate of drug-likeness (QED) is 0.860. The summed E-state index contributed by atoms with van der Waals surface area (Å²) in [5, 5.41) is 10.1. The molecule has 0 saturated heterocycles. The Morgan fingerprint density at radius 2 is 1.82 bits per heavy atom. The van der Waals surface area contributed by atoms with Crippen molar-refractivity contribution in [1.29, 1.82) is 0 Å². The molecular weight excluding hydrogens is 241 g/mol. The molecule has 0 aliphatic rings. The van der Waals surface area contributed by atoms with Gasteiger partial charge >= 0.3 is 0 Å². The average Bonchev–Trinajstić information content (AvgIpc) is 2.14. The summed E-state index contributed by atoms with van der Waals surface area (Å²) in [6.07, 6.45) is -0.656. The van der Waals surface area contributed by atoms with Crippen molar-refractivity contribution in [3.8, 4) is 0 Å². The number of hydrogen-bond donors (Lipinski definition) is 2. The third-order valence-electron chi connectivity index (χ3n) is 2.82. The lowest BCUT2D eigenvalue weighted by Gasteiger charge is -2.31. The first-order valence-corrected chi connectivity index (χ1v) is 5.43. The number of aliphatic hydroxyl groups is 1. The van der Waals surface area contributed by atoms with E-state index < -0.39 is 12.1 Å². The smallest absolute Gasteiger partial charge is 0.123 e. The fourth-order valence-corrected chi connectivity index (χ4v) is 1.72. The number of benzene rings is 1. The second-order valence-corrected chi connectivity index (χ2v) is 5.34. The van der Waals surface area contributed by atoms with Gasteiger partial charge in [0.1, 0.15) is 5.82 Å². The third-order valence-corrected chi connectivity index (χ3v) is 2.82. The van der Waals surface area contributed by atoms with Crippen LogP contribution in [0.4, 0.5) is 4.39 Å². The zero-order chi connectivity index (χ0) is 12.5. The Labute approximate surface area is 108 Å². The molecule has 0 fully saturated rings. The molecule has 17 heavy (non-hydrogen) atoms. The van der Waals surface area contributed by atoms with Crippen molar-refractivity contribution in [1.82, 2.24) is 0 Å². The van der Waals surface area contributed by atoms with E-state index in [9.17, 15) is 9.50 Å². The SMILES string of the molecule is Cc1cc(F)ccc1[C@H](N)[C@H](O)C(C)(C)C.Cl. The number of halogens is 2. The van der Waals surface area contributed by atoms with Crippen LogP contribution in [0.5, 0.6) is 0 Å². The summed E-state index contributed by atoms with van der Waals surface area (Å²) in [7, 11) is 0. The lowest BCUT2D eigenvalue weighted by Crippen LogP contribution is -2.37. The Morgan fingerprint density at radius 1 is 1.29 bits per heavy atom. The molecule has 0 aliphatic carbocycles. The lowest BCUT2D eigenvalue weighted by atomic mass is 9.82. The maximum atomic E-state index is 12.9. The summed E-state index contributed by atoms with van der Waals surface area (Å²) in [5.74, 6) is -0.279. The monoisotopic (exact) mass is 261 g/mol. The van der Waals surface area contributed by atoms with E-state index in [1.165, 1.54) is 12.1 Å². The van der Waals surface area contributed by atoms with E-state index in [-0.39, 0.29) is 23.6 Å². The Morgan fingerprint density at radius 3 is 2.24 bits per heavy atom. The maximum absolute atomic E-state index is 12.9. The van der Waals surface area contributed by atoms with Crippen LogP contribution in [0.2, 0.25) is 0 Å². The molecule has 0 aromatic heterocycles. The van der Waals surface area contributed by atoms with Crippen LogP contribution in [-0.4, -0.2) is 11.2 Å². The first-order chi connectivity index (χ1) is 7.23. The highest BCUT2D eigenvalue weighted by molar-refractivity contribution is 5.85. The topological polar surface area (TPSA) is 46.2 Å². The second-order valence-electron chi connectivity index (χ2n) is 5.34. The van der Waals surface area contributed by atoms with E-state index >= 15 is 0 Å². The molecule has 1 rings (SSSR count). The van der Waals surface area contributed by atoms with Gasteiger partial charge in [-0.15, -0.1) is 12.4 Å². The van der Waals surface area contributed by atoms with Gasteiger partial charge in [0.25, 0.3) is 0 Å². The number of aryl methyl sites for hydroxylation is 1. The van der Waals surface area contributed by atoms with Crippen molar-refractivity contribution in [2.45, 2.75) is 39.8 Å². The summed E-state index contributed by atoms with van der Waals surface area (Å²) in [4.78, 5) is 0. The van der Waals surface area contributed by atoms with Crippen molar-refractivity contribution in [3.63, 3.8) is 0 Å². The number of hydrogen-bond acceptors (Lipinski definition) is 2. The first kappa shape index (κ1) is 16.4. The van der Waals surface area contributed by atoms with Gasteiger partial charge in [0.2, 0.25) is 0 Å². The fraction of sp³-hybridized carbons (Fsp3) is 0.538. The zero-order valence-electron chi connectivity index (χ0n) is 10.7. The van der Waals surface area contributed by atoms with Crippen LogP contribution in [0.3, 0.4) is 0 Å². The van der Waals surface area contributed by atoms with E-state index in [1.54, 1.807) is 13.0 Å². The standard InChI is InChI=1S/C13H20FNO.ClH/c1-8-7-9(14)5-6-10(8)11(15)12(16)13(2,3)4;/h5-7,11-12,16H,15H2,1-4H3;1H/t11-,12-;/m0./s1. The van der Waals surface area contributed by atoms with Gasteiger partial charge in [0.05, 0.1) is 12.1 Å². The molecule has 0 amide bonds. The Bertz CT molecular complexity index is 376. The summed E-state index contributed by atoms with van der Waals surface area (Å²) < 4.78 is 12.9. The number of rotatable bonds is 2. The number of aliphatic hydroxyl groups excluding tert-OH is 1. The molecule has 1 aromatic rings. The minimum atomic E-state index is -0.656. The average molecular weight is 262 g/mol. The largest absolute Gasteiger partial charge is 0.391 e. The Hall–Kier alpha value is -0.640. The molecule has 3 N–H and O–H groups in total. The van der Waals surface area contributed by atoms with Crippen molar-refractivity contribution in [2.24, 2.45) is 11.1 Å². The van der Waals surface area contributed by atoms with Gasteiger partial charge < -0.3 is 10.8 Å². The van der Waals surface area contributed by atoms with Crippen LogP contribution < -0.4 is 5.73 Å². The van der Waals surface area contributed by atoms with E-state index in [1.807, 2.05) is 20.8 Å². The van der Waals surface area contributed by atoms with Crippen LogP contribution in [0.1, 0.15) is 37.9 Å². The highest BCUT2D eigenvalue weighted by atomic mass is 35.5. The normalized spacial score (nSPS) is 15.0. The summed E-state index contributed by atoms with van der Waals surface area (Å²) in [5.41, 5.74) is 7.28. The predicted octanol–water partition coefficient (Wildman–Crippen LogP) is 2.96. The van der Waals surface area contributed by atoms with Gasteiger partial charge in [0.15, 0.2) is 0 Å². The van der Waals surface area contributed by atoms with E-state index in [4.69, 9.17) is 5.73 Å². The fourth-order valence-electron chi connectivity index (χ4n) is 1.72. The van der Waals surface area contributed by atoms with Crippen molar-refractivity contribution < 1.29 is 9.50 Å². The highest BCUT2D eigenvalue weighted by Gasteiger charge is 2.29. The van der Waals surface area contributed by atoms with Gasteiger partial charge in [0, 0.05) is 0 Å². The van der Waals surface area contributed by atoms with Crippen LogP contribution in [0, 0.1) is 18.2 Å². The minimum Gasteiger partial charge on any atom is -0.391 e. The molecule has 2 atom stereocenters. The molecule has 0 spiro atoms. The van der Waals surface area contributed by atoms with Crippen molar-refractivity contribution in [3.05, 3.63) is 35.1 Å². The van der Waals surface area contributed by atoms with Crippen LogP contribution in [0.15, 0.2) is 18.2 Å². The lowest BCUT2D eigenvalue weighted by molar-refractivity contribution is 0.0399. The van der Waals surface area contributed by atoms with Gasteiger partial charge in [-0.2, -0.15) is 0 Å². The van der Waals surface area contributed by atoms with Crippen LogP contribution >= 0.6 is 12.4 Å². The summed E-state index contributed by atoms with van der Waals surface area (Å²) in [6.45, 7) is 7.58. The first-order valence-electron chi connectivity index (χ1n) is 5.43. The maximum Gasteiger partial charge on any atom is 0.123 e. The molecule has 0 aliphatic heterocycles. The second kappa shape index (κ2) is 5.80. The van der Waals surface area contributed by atoms with E-state index in [0.29, 0.717) is 0 Å². The summed E-state index contributed by atoms with van der Waals surface area (Å²) >= 11 is 0. The van der Waals surface area contributed by atoms with Crippen molar-refractivity contribution in [2.75, 3.05) is 0 Å². The van der Waals surface area contributed by atoms with Gasteiger partial charge in [-0.3, -0.25) is 0 Å². The minimum absolute atomic E-state index is 0. The third kappa shape index (κ3) is 3.95. The molecule has 2 nitrogen and oxygen atoms in total. The van der Waals surface area contributed by atoms with E-state index in [2.05, 4.69) is 0 Å². The predicted molar refractivity (Wildman–Crippen MR) is 70.8 cm³/mol. The van der Waals surface area contributed by atoms with Crippen molar-refractivity contribution >= 4 is 12.4 Å². The molecule has 0 heterocycles. The van der Waals surface area contributed by atoms with Gasteiger partial charge in [-0.05, 0) is 35.6 Å². The molecule has 0 radical (unpaired) electrons. The van der Waals surface area contributed by atoms with Crippen LogP contribution in [-0.2, 0) is 0 Å². The van der Waals surface area contributed by atoms with Crippen LogP contribution in [0.25, 0.3) is 0 Å². The number of nitrogens with two attached hydrogens (primary N) is 1. The molecular formula is C13H21ClFNO. The molecule has 0 saturated carbocycles. The van der Waals surface area contributed by atoms with E-state index in [0.717, 1.165) is 11.1 Å². The van der Waals surface area contributed by atoms with Gasteiger partial charge in [-0.25, -0.2) is 4.39 Å². The molecule has 0 bridgehead atoms. The molecule has 1 aromatic carbocycles. The Kier molecular flexibility index (Phi) is 5.59.